The minimum atomic E-state index is -0.387. The van der Waals surface area contributed by atoms with Crippen molar-refractivity contribution < 1.29 is 14.3 Å². The van der Waals surface area contributed by atoms with E-state index in [-0.39, 0.29) is 11.9 Å². The Morgan fingerprint density at radius 2 is 2.16 bits per heavy atom. The molecule has 100 valence electrons. The number of esters is 1. The van der Waals surface area contributed by atoms with E-state index in [4.69, 9.17) is 4.74 Å². The van der Waals surface area contributed by atoms with E-state index in [0.717, 1.165) is 11.3 Å². The molecule has 1 N–H and O–H groups in total. The quantitative estimate of drug-likeness (QED) is 0.861. The Labute approximate surface area is 116 Å². The van der Waals surface area contributed by atoms with Crippen LogP contribution < -0.4 is 5.32 Å². The smallest absolute Gasteiger partial charge is 0.346 e. The Bertz CT molecular complexity index is 551. The van der Waals surface area contributed by atoms with Gasteiger partial charge in [0.2, 0.25) is 0 Å². The van der Waals surface area contributed by atoms with E-state index in [1.807, 2.05) is 25.1 Å². The van der Waals surface area contributed by atoms with Crippen molar-refractivity contribution in [3.8, 4) is 0 Å². The second-order valence-corrected chi connectivity index (χ2v) is 5.33. The van der Waals surface area contributed by atoms with Crippen LogP contribution in [-0.2, 0) is 9.53 Å². The number of carbonyl (C=O) groups is 2. The van der Waals surface area contributed by atoms with Crippen molar-refractivity contribution in [2.24, 2.45) is 0 Å². The minimum absolute atomic E-state index is 0.192. The first kappa shape index (κ1) is 13.7. The van der Waals surface area contributed by atoms with Gasteiger partial charge in [0.15, 0.2) is 0 Å². The zero-order valence-electron chi connectivity index (χ0n) is 10.9. The molecule has 0 spiro atoms. The summed E-state index contributed by atoms with van der Waals surface area (Å²) in [6.07, 6.45) is 0.673. The van der Waals surface area contributed by atoms with Crippen LogP contribution in [0.1, 0.15) is 22.3 Å². The molecule has 0 saturated heterocycles. The van der Waals surface area contributed by atoms with Gasteiger partial charge in [0.25, 0.3) is 5.91 Å². The third kappa shape index (κ3) is 3.17. The molecule has 4 nitrogen and oxygen atoms in total. The first-order valence-corrected chi connectivity index (χ1v) is 6.92. The van der Waals surface area contributed by atoms with Gasteiger partial charge in [-0.25, -0.2) is 4.79 Å². The van der Waals surface area contributed by atoms with Crippen molar-refractivity contribution in [3.05, 3.63) is 46.0 Å². The molecular weight excluding hydrogens is 262 g/mol. The molecule has 1 aromatic rings. The van der Waals surface area contributed by atoms with Gasteiger partial charge in [-0.3, -0.25) is 4.79 Å². The number of amides is 1. The molecule has 0 fully saturated rings. The maximum Gasteiger partial charge on any atom is 0.346 e. The van der Waals surface area contributed by atoms with Gasteiger partial charge < -0.3 is 10.1 Å². The molecule has 1 aromatic carbocycles. The van der Waals surface area contributed by atoms with Gasteiger partial charge in [-0.15, -0.1) is 11.8 Å². The van der Waals surface area contributed by atoms with Gasteiger partial charge >= 0.3 is 5.97 Å². The zero-order valence-corrected chi connectivity index (χ0v) is 11.7. The van der Waals surface area contributed by atoms with E-state index in [2.05, 4.69) is 5.32 Å². The third-order valence-corrected chi connectivity index (χ3v) is 3.90. The summed E-state index contributed by atoms with van der Waals surface area (Å²) in [5.74, 6) is 0.207. The second-order valence-electron chi connectivity index (χ2n) is 4.22. The van der Waals surface area contributed by atoms with Crippen LogP contribution in [0, 0.1) is 6.92 Å². The Morgan fingerprint density at radius 3 is 2.84 bits per heavy atom. The molecule has 1 aliphatic rings. The van der Waals surface area contributed by atoms with E-state index in [1.165, 1.54) is 18.9 Å². The largest absolute Gasteiger partial charge is 0.465 e. The lowest BCUT2D eigenvalue weighted by Crippen LogP contribution is -2.24. The van der Waals surface area contributed by atoms with Crippen LogP contribution in [0.3, 0.4) is 0 Å². The van der Waals surface area contributed by atoms with E-state index in [0.29, 0.717) is 22.6 Å². The number of benzene rings is 1. The first-order chi connectivity index (χ1) is 9.11. The summed E-state index contributed by atoms with van der Waals surface area (Å²) in [6, 6.07) is 7.34. The van der Waals surface area contributed by atoms with Gasteiger partial charge in [0.1, 0.15) is 4.91 Å². The number of ether oxygens (including phenoxy) is 1. The van der Waals surface area contributed by atoms with Crippen molar-refractivity contribution in [3.63, 3.8) is 0 Å². The number of hydrogen-bond acceptors (Lipinski definition) is 4. The molecule has 0 aliphatic carbocycles. The van der Waals surface area contributed by atoms with Crippen molar-refractivity contribution in [2.45, 2.75) is 13.3 Å². The first-order valence-electron chi connectivity index (χ1n) is 5.94. The zero-order chi connectivity index (χ0) is 13.8. The van der Waals surface area contributed by atoms with Gasteiger partial charge in [-0.05, 0) is 25.5 Å². The highest BCUT2D eigenvalue weighted by Gasteiger charge is 2.24. The molecule has 0 unspecified atom stereocenters. The fraction of sp³-hybridized carbons (Fsp3) is 0.286. The van der Waals surface area contributed by atoms with Gasteiger partial charge in [0, 0.05) is 17.0 Å². The molecule has 19 heavy (non-hydrogen) atoms. The highest BCUT2D eigenvalue weighted by Crippen LogP contribution is 2.30. The predicted octanol–water partition coefficient (Wildman–Crippen LogP) is 2.25. The van der Waals surface area contributed by atoms with Crippen molar-refractivity contribution in [2.75, 3.05) is 12.9 Å². The van der Waals surface area contributed by atoms with Crippen LogP contribution >= 0.6 is 11.8 Å². The number of nitrogens with one attached hydrogen (secondary N) is 1. The normalized spacial score (nSPS) is 14.4. The summed E-state index contributed by atoms with van der Waals surface area (Å²) in [5.41, 5.74) is 2.27. The summed E-state index contributed by atoms with van der Waals surface area (Å²) in [5, 5.41) is 2.81. The lowest BCUT2D eigenvalue weighted by molar-refractivity contribution is -0.135. The Kier molecular flexibility index (Phi) is 4.27. The molecule has 1 amide bonds. The third-order valence-electron chi connectivity index (χ3n) is 2.79. The van der Waals surface area contributed by atoms with Gasteiger partial charge in [0.05, 0.1) is 7.11 Å². The molecule has 0 saturated carbocycles. The van der Waals surface area contributed by atoms with Gasteiger partial charge in [-0.2, -0.15) is 0 Å². The van der Waals surface area contributed by atoms with E-state index in [9.17, 15) is 9.59 Å². The van der Waals surface area contributed by atoms with Crippen LogP contribution in [0.2, 0.25) is 0 Å². The lowest BCUT2D eigenvalue weighted by atomic mass is 10.1. The number of carbonyl (C=O) groups excluding carboxylic acids is 2. The van der Waals surface area contributed by atoms with E-state index >= 15 is 0 Å². The molecule has 1 heterocycles. The fourth-order valence-corrected chi connectivity index (χ4v) is 2.88. The highest BCUT2D eigenvalue weighted by molar-refractivity contribution is 8.04. The fourth-order valence-electron chi connectivity index (χ4n) is 1.85. The monoisotopic (exact) mass is 277 g/mol. The van der Waals surface area contributed by atoms with Crippen LogP contribution in [0.15, 0.2) is 34.9 Å². The predicted molar refractivity (Wildman–Crippen MR) is 74.8 cm³/mol. The number of hydrogen-bond donors (Lipinski definition) is 1. The Morgan fingerprint density at radius 1 is 1.37 bits per heavy atom. The standard InChI is InChI=1S/C14H15NO3S/c1-9-4-3-5-10(8-9)13(16)15-11-6-7-19-12(11)14(17)18-2/h3-5,8H,6-7H2,1-2H3,(H,15,16). The Hall–Kier alpha value is -1.75. The summed E-state index contributed by atoms with van der Waals surface area (Å²) >= 11 is 1.41. The number of rotatable bonds is 3. The highest BCUT2D eigenvalue weighted by atomic mass is 32.2. The summed E-state index contributed by atoms with van der Waals surface area (Å²) < 4.78 is 4.70. The molecule has 0 atom stereocenters. The van der Waals surface area contributed by atoms with Crippen molar-refractivity contribution in [1.82, 2.24) is 5.32 Å². The molecule has 0 bridgehead atoms. The molecule has 1 aliphatic heterocycles. The lowest BCUT2D eigenvalue weighted by Gasteiger charge is -2.08. The van der Waals surface area contributed by atoms with E-state index in [1.54, 1.807) is 6.07 Å². The summed E-state index contributed by atoms with van der Waals surface area (Å²) in [7, 11) is 1.34. The maximum atomic E-state index is 12.1. The number of aryl methyl sites for hydroxylation is 1. The summed E-state index contributed by atoms with van der Waals surface area (Å²) in [4.78, 5) is 24.2. The van der Waals surface area contributed by atoms with E-state index < -0.39 is 0 Å². The topological polar surface area (TPSA) is 55.4 Å². The van der Waals surface area contributed by atoms with Crippen LogP contribution in [0.25, 0.3) is 0 Å². The molecule has 0 radical (unpaired) electrons. The van der Waals surface area contributed by atoms with Crippen LogP contribution in [0.4, 0.5) is 0 Å². The molecule has 2 rings (SSSR count). The van der Waals surface area contributed by atoms with Crippen LogP contribution in [-0.4, -0.2) is 24.7 Å². The number of thioether (sulfide) groups is 1. The molecule has 5 heteroatoms. The average molecular weight is 277 g/mol. The van der Waals surface area contributed by atoms with Gasteiger partial charge in [-0.1, -0.05) is 17.7 Å². The summed E-state index contributed by atoms with van der Waals surface area (Å²) in [6.45, 7) is 1.93. The minimum Gasteiger partial charge on any atom is -0.465 e. The maximum absolute atomic E-state index is 12.1. The molecule has 0 aromatic heterocycles. The SMILES string of the molecule is COC(=O)C1=C(NC(=O)c2cccc(C)c2)CCS1. The van der Waals surface area contributed by atoms with Crippen molar-refractivity contribution in [1.29, 1.82) is 0 Å². The number of methoxy groups -OCH3 is 1. The Balaban J connectivity index is 2.16. The van der Waals surface area contributed by atoms with Crippen molar-refractivity contribution >= 4 is 23.6 Å². The van der Waals surface area contributed by atoms with Crippen LogP contribution in [0.5, 0.6) is 0 Å². The average Bonchev–Trinajstić information content (AvgIpc) is 2.86. The number of allylic oxidation sites excluding steroid dienone is 1. The molecular formula is C14H15NO3S. The second kappa shape index (κ2) is 5.93.